The molecule has 0 radical (unpaired) electrons. The monoisotopic (exact) mass is 278 g/mol. The first-order valence-electron chi connectivity index (χ1n) is 7.12. The molecule has 0 atom stereocenters. The zero-order valence-corrected chi connectivity index (χ0v) is 12.9. The van der Waals surface area contributed by atoms with Crippen LogP contribution in [0.1, 0.15) is 30.6 Å². The number of anilines is 1. The van der Waals surface area contributed by atoms with Crippen LogP contribution in [0.3, 0.4) is 0 Å². The van der Waals surface area contributed by atoms with E-state index in [4.69, 9.17) is 0 Å². The van der Waals surface area contributed by atoms with E-state index in [1.807, 2.05) is 20.2 Å². The van der Waals surface area contributed by atoms with Gasteiger partial charge in [0.25, 0.3) is 5.91 Å². The number of pyridine rings is 1. The number of nitrogens with zero attached hydrogens (tertiary/aromatic N) is 2. The van der Waals surface area contributed by atoms with Crippen molar-refractivity contribution in [3.8, 4) is 0 Å². The lowest BCUT2D eigenvalue weighted by atomic mass is 10.1. The summed E-state index contributed by atoms with van der Waals surface area (Å²) >= 11 is 0. The average molecular weight is 278 g/mol. The van der Waals surface area contributed by atoms with Gasteiger partial charge in [-0.25, -0.2) is 4.98 Å². The first-order chi connectivity index (χ1) is 9.49. The van der Waals surface area contributed by atoms with Crippen LogP contribution in [0, 0.1) is 5.92 Å². The fourth-order valence-corrected chi connectivity index (χ4v) is 1.62. The molecule has 5 heteroatoms. The molecule has 1 aromatic rings. The lowest BCUT2D eigenvalue weighted by molar-refractivity contribution is 0.0951. The van der Waals surface area contributed by atoms with Crippen molar-refractivity contribution in [2.24, 2.45) is 5.92 Å². The van der Waals surface area contributed by atoms with Crippen LogP contribution in [0.2, 0.25) is 0 Å². The topological polar surface area (TPSA) is 57.3 Å². The van der Waals surface area contributed by atoms with Gasteiger partial charge >= 0.3 is 0 Å². The van der Waals surface area contributed by atoms with Crippen LogP contribution < -0.4 is 10.6 Å². The number of carbonyl (C=O) groups excluding carboxylic acids is 1. The van der Waals surface area contributed by atoms with Gasteiger partial charge in [-0.1, -0.05) is 13.8 Å². The Kier molecular flexibility index (Phi) is 7.01. The Balaban J connectivity index is 2.39. The van der Waals surface area contributed by atoms with Crippen LogP contribution in [0.4, 0.5) is 5.82 Å². The molecule has 2 N–H and O–H groups in total. The summed E-state index contributed by atoms with van der Waals surface area (Å²) in [4.78, 5) is 18.2. The van der Waals surface area contributed by atoms with Gasteiger partial charge in [-0.2, -0.15) is 0 Å². The van der Waals surface area contributed by atoms with Gasteiger partial charge in [0, 0.05) is 25.8 Å². The molecule has 112 valence electrons. The van der Waals surface area contributed by atoms with E-state index >= 15 is 0 Å². The number of carbonyl (C=O) groups is 1. The van der Waals surface area contributed by atoms with Crippen LogP contribution in [-0.4, -0.2) is 49.5 Å². The Morgan fingerprint density at radius 3 is 2.60 bits per heavy atom. The zero-order valence-electron chi connectivity index (χ0n) is 12.9. The van der Waals surface area contributed by atoms with E-state index in [0.29, 0.717) is 18.0 Å². The number of likely N-dealkylation sites (N-methyl/N-ethyl adjacent to an activating group) is 1. The van der Waals surface area contributed by atoms with Crippen LogP contribution in [0.5, 0.6) is 0 Å². The largest absolute Gasteiger partial charge is 0.369 e. The molecule has 0 saturated carbocycles. The van der Waals surface area contributed by atoms with Crippen molar-refractivity contribution in [1.29, 1.82) is 0 Å². The van der Waals surface area contributed by atoms with Gasteiger partial charge < -0.3 is 15.5 Å². The van der Waals surface area contributed by atoms with Crippen LogP contribution in [0.15, 0.2) is 18.3 Å². The molecular formula is C15H26N4O. The summed E-state index contributed by atoms with van der Waals surface area (Å²) in [5.41, 5.74) is 0.604. The summed E-state index contributed by atoms with van der Waals surface area (Å²) in [6.45, 7) is 6.77. The quantitative estimate of drug-likeness (QED) is 0.762. The third-order valence-electron chi connectivity index (χ3n) is 2.90. The van der Waals surface area contributed by atoms with Gasteiger partial charge in [-0.3, -0.25) is 4.79 Å². The van der Waals surface area contributed by atoms with Crippen LogP contribution >= 0.6 is 0 Å². The lowest BCUT2D eigenvalue weighted by Crippen LogP contribution is -2.25. The van der Waals surface area contributed by atoms with E-state index in [1.165, 1.54) is 0 Å². The first kappa shape index (κ1) is 16.4. The van der Waals surface area contributed by atoms with E-state index in [-0.39, 0.29) is 5.91 Å². The lowest BCUT2D eigenvalue weighted by Gasteiger charge is -2.11. The van der Waals surface area contributed by atoms with Crippen LogP contribution in [-0.2, 0) is 0 Å². The first-order valence-corrected chi connectivity index (χ1v) is 7.12. The standard InChI is InChI=1S/C15H26N4O/c1-12(2)7-8-17-15(20)13-5-6-14(18-11-13)16-9-10-19(3)4/h5-6,11-12H,7-10H2,1-4H3,(H,16,18)(H,17,20). The summed E-state index contributed by atoms with van der Waals surface area (Å²) < 4.78 is 0. The molecule has 1 aromatic heterocycles. The smallest absolute Gasteiger partial charge is 0.252 e. The van der Waals surface area contributed by atoms with Gasteiger partial charge in [-0.05, 0) is 38.6 Å². The minimum absolute atomic E-state index is 0.0574. The molecule has 0 spiro atoms. The fraction of sp³-hybridized carbons (Fsp3) is 0.600. The van der Waals surface area contributed by atoms with E-state index in [2.05, 4.69) is 34.4 Å². The van der Waals surface area contributed by atoms with Crippen molar-refractivity contribution >= 4 is 11.7 Å². The second kappa shape index (κ2) is 8.53. The van der Waals surface area contributed by atoms with Crippen molar-refractivity contribution in [2.45, 2.75) is 20.3 Å². The molecule has 0 aliphatic carbocycles. The molecule has 0 unspecified atom stereocenters. The molecule has 0 saturated heterocycles. The predicted octanol–water partition coefficient (Wildman–Crippen LogP) is 1.83. The van der Waals surface area contributed by atoms with E-state index < -0.39 is 0 Å². The molecule has 1 rings (SSSR count). The molecule has 1 amide bonds. The van der Waals surface area contributed by atoms with Crippen LogP contribution in [0.25, 0.3) is 0 Å². The highest BCUT2D eigenvalue weighted by Gasteiger charge is 2.05. The third kappa shape index (κ3) is 6.52. The van der Waals surface area contributed by atoms with E-state index in [0.717, 1.165) is 25.3 Å². The molecule has 0 aliphatic rings. The normalized spacial score (nSPS) is 10.9. The summed E-state index contributed by atoms with van der Waals surface area (Å²) in [6, 6.07) is 3.64. The minimum Gasteiger partial charge on any atom is -0.369 e. The van der Waals surface area contributed by atoms with Crippen molar-refractivity contribution in [3.05, 3.63) is 23.9 Å². The summed E-state index contributed by atoms with van der Waals surface area (Å²) in [5, 5.41) is 6.12. The van der Waals surface area contributed by atoms with Crippen molar-refractivity contribution in [3.63, 3.8) is 0 Å². The molecule has 20 heavy (non-hydrogen) atoms. The maximum absolute atomic E-state index is 11.9. The van der Waals surface area contributed by atoms with Gasteiger partial charge in [0.05, 0.1) is 5.56 Å². The Morgan fingerprint density at radius 1 is 1.30 bits per heavy atom. The fourth-order valence-electron chi connectivity index (χ4n) is 1.62. The highest BCUT2D eigenvalue weighted by atomic mass is 16.1. The summed E-state index contributed by atoms with van der Waals surface area (Å²) in [7, 11) is 4.05. The number of hydrogen-bond donors (Lipinski definition) is 2. The molecule has 0 bridgehead atoms. The SMILES string of the molecule is CC(C)CCNC(=O)c1ccc(NCCN(C)C)nc1. The predicted molar refractivity (Wildman–Crippen MR) is 83.1 cm³/mol. The molecule has 0 fully saturated rings. The molecule has 1 heterocycles. The van der Waals surface area contributed by atoms with E-state index in [1.54, 1.807) is 12.3 Å². The Hall–Kier alpha value is -1.62. The van der Waals surface area contributed by atoms with Crippen molar-refractivity contribution in [1.82, 2.24) is 15.2 Å². The second-order valence-corrected chi connectivity index (χ2v) is 5.60. The zero-order chi connectivity index (χ0) is 15.0. The molecule has 0 aromatic carbocycles. The Morgan fingerprint density at radius 2 is 2.05 bits per heavy atom. The summed E-state index contributed by atoms with van der Waals surface area (Å²) in [6.07, 6.45) is 2.60. The van der Waals surface area contributed by atoms with Gasteiger partial charge in [-0.15, -0.1) is 0 Å². The highest BCUT2D eigenvalue weighted by Crippen LogP contribution is 2.05. The number of amides is 1. The number of nitrogens with one attached hydrogen (secondary N) is 2. The van der Waals surface area contributed by atoms with Crippen molar-refractivity contribution in [2.75, 3.05) is 39.0 Å². The summed E-state index contributed by atoms with van der Waals surface area (Å²) in [5.74, 6) is 1.33. The minimum atomic E-state index is -0.0574. The highest BCUT2D eigenvalue weighted by molar-refractivity contribution is 5.93. The Bertz CT molecular complexity index is 401. The second-order valence-electron chi connectivity index (χ2n) is 5.60. The number of hydrogen-bond acceptors (Lipinski definition) is 4. The van der Waals surface area contributed by atoms with Gasteiger partial charge in [0.15, 0.2) is 0 Å². The number of rotatable bonds is 8. The third-order valence-corrected chi connectivity index (χ3v) is 2.90. The number of aromatic nitrogens is 1. The molecule has 0 aliphatic heterocycles. The van der Waals surface area contributed by atoms with Gasteiger partial charge in [0.2, 0.25) is 0 Å². The molecule has 5 nitrogen and oxygen atoms in total. The maximum Gasteiger partial charge on any atom is 0.252 e. The van der Waals surface area contributed by atoms with E-state index in [9.17, 15) is 4.79 Å². The van der Waals surface area contributed by atoms with Gasteiger partial charge in [0.1, 0.15) is 5.82 Å². The maximum atomic E-state index is 11.9. The molecular weight excluding hydrogens is 252 g/mol. The average Bonchev–Trinajstić information content (AvgIpc) is 2.38. The van der Waals surface area contributed by atoms with Crippen molar-refractivity contribution < 1.29 is 4.79 Å². The Labute approximate surface area is 121 Å².